The molecule has 0 heterocycles. The summed E-state index contributed by atoms with van der Waals surface area (Å²) < 4.78 is 0. The molecule has 11 heavy (non-hydrogen) atoms. The first-order chi connectivity index (χ1) is 3.83. The molecule has 0 unspecified atom stereocenters. The van der Waals surface area contributed by atoms with E-state index in [0.29, 0.717) is 0 Å². The molecule has 0 aromatic carbocycles. The van der Waals surface area contributed by atoms with Crippen molar-refractivity contribution in [3.05, 3.63) is 0 Å². The third-order valence-corrected chi connectivity index (χ3v) is 1.22. The van der Waals surface area contributed by atoms with E-state index in [4.69, 9.17) is 0 Å². The summed E-state index contributed by atoms with van der Waals surface area (Å²) in [7, 11) is 0. The SMILES string of the molecule is C.C.CCC[S-].CCC[S-].[Sn+2]. The number of hydrogen-bond acceptors (Lipinski definition) is 2. The zero-order valence-electron chi connectivity index (χ0n) is 6.14. The number of rotatable bonds is 2. The average molecular weight is 301 g/mol. The van der Waals surface area contributed by atoms with Gasteiger partial charge in [0.25, 0.3) is 0 Å². The van der Waals surface area contributed by atoms with Crippen molar-refractivity contribution < 1.29 is 0 Å². The molecule has 0 aliphatic rings. The molecule has 0 N–H and O–H groups in total. The van der Waals surface area contributed by atoms with E-state index in [1.165, 1.54) is 0 Å². The van der Waals surface area contributed by atoms with Gasteiger partial charge in [-0.25, -0.2) is 0 Å². The van der Waals surface area contributed by atoms with Gasteiger partial charge in [0, 0.05) is 0 Å². The van der Waals surface area contributed by atoms with Crippen molar-refractivity contribution in [2.45, 2.75) is 41.5 Å². The van der Waals surface area contributed by atoms with E-state index in [1.807, 2.05) is 0 Å². The maximum absolute atomic E-state index is 4.55. The summed E-state index contributed by atoms with van der Waals surface area (Å²) in [5.41, 5.74) is 0. The van der Waals surface area contributed by atoms with Crippen molar-refractivity contribution in [3.8, 4) is 0 Å². The molecular formula is C8H22S2Sn. The summed E-state index contributed by atoms with van der Waals surface area (Å²) in [6.07, 6.45) is 2.27. The minimum atomic E-state index is 0. The second kappa shape index (κ2) is 41.9. The van der Waals surface area contributed by atoms with Crippen LogP contribution in [0.4, 0.5) is 0 Å². The Labute approximate surface area is 102 Å². The molecule has 0 aliphatic heterocycles. The van der Waals surface area contributed by atoms with Crippen molar-refractivity contribution in [1.82, 2.24) is 0 Å². The van der Waals surface area contributed by atoms with Gasteiger partial charge in [-0.3, -0.25) is 0 Å². The first kappa shape index (κ1) is 29.4. The van der Waals surface area contributed by atoms with Gasteiger partial charge in [0.2, 0.25) is 0 Å². The van der Waals surface area contributed by atoms with Gasteiger partial charge in [0.05, 0.1) is 0 Å². The molecular weight excluding hydrogens is 279 g/mol. The molecule has 70 valence electrons. The van der Waals surface area contributed by atoms with Crippen LogP contribution in [0.25, 0.3) is 0 Å². The fraction of sp³-hybridized carbons (Fsp3) is 1.00. The monoisotopic (exact) mass is 302 g/mol. The minimum absolute atomic E-state index is 0. The summed E-state index contributed by atoms with van der Waals surface area (Å²) in [6, 6.07) is 0. The molecule has 3 heteroatoms. The fourth-order valence-electron chi connectivity index (χ4n) is 0. The topological polar surface area (TPSA) is 0 Å². The molecule has 0 amide bonds. The Morgan fingerprint density at radius 2 is 0.909 bits per heavy atom. The van der Waals surface area contributed by atoms with Crippen LogP contribution in [0.5, 0.6) is 0 Å². The third-order valence-electron chi connectivity index (χ3n) is 0.408. The van der Waals surface area contributed by atoms with Crippen LogP contribution < -0.4 is 0 Å². The largest absolute Gasteiger partial charge is 2.00 e. The van der Waals surface area contributed by atoms with Crippen LogP contribution in [0.1, 0.15) is 41.5 Å². The zero-order chi connectivity index (χ0) is 6.83. The summed E-state index contributed by atoms with van der Waals surface area (Å²) in [5, 5.41) is 0. The predicted octanol–water partition coefficient (Wildman–Crippen LogP) is 2.78. The standard InChI is InChI=1S/2C3H8S.2CH4.Sn/c2*1-2-3-4;;;/h2*4H,2-3H2,1H3;2*1H4;/q;;;;+2/p-2. The molecule has 0 fully saturated rings. The molecule has 0 saturated carbocycles. The Bertz CT molecular complexity index is 20.1. The first-order valence-electron chi connectivity index (χ1n) is 2.99. The second-order valence-corrected chi connectivity index (χ2v) is 2.22. The van der Waals surface area contributed by atoms with E-state index in [2.05, 4.69) is 39.1 Å². The smallest absolute Gasteiger partial charge is 0.793 e. The summed E-state index contributed by atoms with van der Waals surface area (Å²) in [5.74, 6) is 1.81. The Kier molecular flexibility index (Phi) is 112. The minimum Gasteiger partial charge on any atom is -0.793 e. The Morgan fingerprint density at radius 3 is 0.909 bits per heavy atom. The molecule has 0 aromatic heterocycles. The van der Waals surface area contributed by atoms with Crippen LogP contribution >= 0.6 is 0 Å². The van der Waals surface area contributed by atoms with E-state index in [-0.39, 0.29) is 38.8 Å². The normalized spacial score (nSPS) is 5.45. The molecule has 0 saturated heterocycles. The van der Waals surface area contributed by atoms with Crippen LogP contribution in [0.2, 0.25) is 0 Å². The molecule has 0 bridgehead atoms. The second-order valence-electron chi connectivity index (χ2n) is 1.41. The van der Waals surface area contributed by atoms with E-state index in [0.717, 1.165) is 24.3 Å². The molecule has 0 aromatic rings. The van der Waals surface area contributed by atoms with Crippen molar-refractivity contribution >= 4 is 49.2 Å². The Hall–Kier alpha value is 1.50. The Balaban J connectivity index is -0.0000000171. The molecule has 0 aliphatic carbocycles. The molecule has 0 nitrogen and oxygen atoms in total. The summed E-state index contributed by atoms with van der Waals surface area (Å²) in [6.45, 7) is 4.15. The van der Waals surface area contributed by atoms with Gasteiger partial charge in [0.1, 0.15) is 0 Å². The van der Waals surface area contributed by atoms with Gasteiger partial charge in [0.15, 0.2) is 0 Å². The summed E-state index contributed by atoms with van der Waals surface area (Å²) in [4.78, 5) is 0. The molecule has 0 atom stereocenters. The quantitative estimate of drug-likeness (QED) is 0.568. The van der Waals surface area contributed by atoms with Crippen LogP contribution in [-0.4, -0.2) is 35.4 Å². The zero-order valence-corrected chi connectivity index (χ0v) is 10.6. The van der Waals surface area contributed by atoms with E-state index < -0.39 is 0 Å². The van der Waals surface area contributed by atoms with Gasteiger partial charge in [-0.2, -0.15) is 11.5 Å². The van der Waals surface area contributed by atoms with Crippen LogP contribution in [0.15, 0.2) is 0 Å². The van der Waals surface area contributed by atoms with Gasteiger partial charge in [-0.05, 0) is 0 Å². The third kappa shape index (κ3) is 84.8. The average Bonchev–Trinajstić information content (AvgIpc) is 1.88. The first-order valence-corrected chi connectivity index (χ1v) is 4.15. The van der Waals surface area contributed by atoms with Crippen molar-refractivity contribution in [2.75, 3.05) is 11.5 Å². The van der Waals surface area contributed by atoms with Crippen LogP contribution in [0, 0.1) is 0 Å². The summed E-state index contributed by atoms with van der Waals surface area (Å²) >= 11 is 9.11. The number of hydrogen-bond donors (Lipinski definition) is 0. The van der Waals surface area contributed by atoms with E-state index in [9.17, 15) is 0 Å². The predicted molar refractivity (Wildman–Crippen MR) is 64.3 cm³/mol. The van der Waals surface area contributed by atoms with Crippen molar-refractivity contribution in [2.24, 2.45) is 0 Å². The van der Waals surface area contributed by atoms with E-state index >= 15 is 0 Å². The van der Waals surface area contributed by atoms with E-state index in [1.54, 1.807) is 0 Å². The van der Waals surface area contributed by atoms with Crippen LogP contribution in [-0.2, 0) is 25.3 Å². The fourth-order valence-corrected chi connectivity index (χ4v) is 0. The van der Waals surface area contributed by atoms with Gasteiger partial charge >= 0.3 is 23.9 Å². The Morgan fingerprint density at radius 1 is 0.818 bits per heavy atom. The molecule has 0 rings (SSSR count). The molecule has 2 radical (unpaired) electrons. The van der Waals surface area contributed by atoms with Gasteiger partial charge in [-0.15, -0.1) is 0 Å². The maximum Gasteiger partial charge on any atom is 2.00 e. The van der Waals surface area contributed by atoms with Crippen LogP contribution in [0.3, 0.4) is 0 Å². The molecule has 0 spiro atoms. The maximum atomic E-state index is 4.55. The van der Waals surface area contributed by atoms with Crippen molar-refractivity contribution in [3.63, 3.8) is 0 Å². The van der Waals surface area contributed by atoms with Crippen molar-refractivity contribution in [1.29, 1.82) is 0 Å². The van der Waals surface area contributed by atoms with Gasteiger partial charge in [-0.1, -0.05) is 41.5 Å². The van der Waals surface area contributed by atoms with Gasteiger partial charge < -0.3 is 25.3 Å².